The molecule has 0 amide bonds. The summed E-state index contributed by atoms with van der Waals surface area (Å²) in [7, 11) is -4.24. The summed E-state index contributed by atoms with van der Waals surface area (Å²) in [6.07, 6.45) is 13.3. The fourth-order valence-corrected chi connectivity index (χ4v) is 4.50. The van der Waals surface area contributed by atoms with E-state index in [1.165, 1.54) is 51.4 Å². The van der Waals surface area contributed by atoms with Crippen molar-refractivity contribution < 1.29 is 14.4 Å². The maximum absolute atomic E-state index is 11.9. The molecule has 4 heteroatoms. The number of fused-ring (bicyclic) bond motifs is 1. The van der Waals surface area contributed by atoms with Crippen LogP contribution in [0.4, 0.5) is 0 Å². The molecule has 2 N–H and O–H groups in total. The van der Waals surface area contributed by atoms with Gasteiger partial charge >= 0.3 is 7.60 Å². The molecule has 0 spiro atoms. The highest BCUT2D eigenvalue weighted by atomic mass is 31.2. The summed E-state index contributed by atoms with van der Waals surface area (Å²) in [4.78, 5) is 19.4. The third kappa shape index (κ3) is 6.54. The van der Waals surface area contributed by atoms with E-state index in [4.69, 9.17) is 0 Å². The molecule has 0 atom stereocenters. The second kappa shape index (κ2) is 10.9. The molecular formula is C22H33O3P. The summed E-state index contributed by atoms with van der Waals surface area (Å²) in [6.45, 7) is 2.24. The quantitative estimate of drug-likeness (QED) is 0.347. The van der Waals surface area contributed by atoms with E-state index in [-0.39, 0.29) is 5.30 Å². The van der Waals surface area contributed by atoms with Crippen molar-refractivity contribution in [2.75, 3.05) is 0 Å². The number of benzene rings is 2. The van der Waals surface area contributed by atoms with Crippen LogP contribution in [0, 0.1) is 0 Å². The number of rotatable bonds is 12. The van der Waals surface area contributed by atoms with Crippen molar-refractivity contribution in [2.45, 2.75) is 77.6 Å². The summed E-state index contributed by atoms with van der Waals surface area (Å²) < 4.78 is 11.9. The van der Waals surface area contributed by atoms with E-state index in [1.807, 2.05) is 30.3 Å². The minimum atomic E-state index is -4.24. The van der Waals surface area contributed by atoms with Crippen molar-refractivity contribution in [1.29, 1.82) is 0 Å². The molecule has 0 heterocycles. The molecule has 0 saturated heterocycles. The average molecular weight is 376 g/mol. The molecule has 0 aliphatic rings. The Balaban J connectivity index is 1.85. The molecule has 2 aromatic rings. The van der Waals surface area contributed by atoms with Crippen molar-refractivity contribution in [3.63, 3.8) is 0 Å². The summed E-state index contributed by atoms with van der Waals surface area (Å²) in [5.74, 6) is 0. The van der Waals surface area contributed by atoms with Gasteiger partial charge in [-0.3, -0.25) is 4.57 Å². The van der Waals surface area contributed by atoms with E-state index < -0.39 is 7.60 Å². The highest BCUT2D eigenvalue weighted by Gasteiger charge is 2.22. The van der Waals surface area contributed by atoms with Crippen LogP contribution in [0.3, 0.4) is 0 Å². The van der Waals surface area contributed by atoms with Crippen molar-refractivity contribution in [3.05, 3.63) is 42.0 Å². The Hall–Kier alpha value is -1.15. The molecule has 0 unspecified atom stereocenters. The van der Waals surface area contributed by atoms with Crippen LogP contribution in [0.1, 0.15) is 76.7 Å². The van der Waals surface area contributed by atoms with Gasteiger partial charge < -0.3 is 9.79 Å². The van der Waals surface area contributed by atoms with E-state index in [9.17, 15) is 14.4 Å². The molecule has 3 nitrogen and oxygen atoms in total. The maximum Gasteiger partial charge on any atom is 0.356 e. The summed E-state index contributed by atoms with van der Waals surface area (Å²) in [5, 5.41) is 2.23. The minimum Gasteiger partial charge on any atom is -0.321 e. The Kier molecular flexibility index (Phi) is 8.84. The molecule has 144 valence electrons. The standard InChI is InChI=1S/C22H33O3P/c1-2-3-4-5-6-7-8-9-10-11-16-21-20-15-13-12-14-19(20)17-18-22(21)26(23,24)25/h12-15,17-18H,2-11,16H2,1H3,(H2,23,24,25). The molecule has 0 bridgehead atoms. The number of aryl methyl sites for hydroxylation is 1. The lowest BCUT2D eigenvalue weighted by Gasteiger charge is -2.14. The zero-order chi connectivity index (χ0) is 18.8. The topological polar surface area (TPSA) is 57.5 Å². The molecule has 0 radical (unpaired) electrons. The van der Waals surface area contributed by atoms with Crippen molar-refractivity contribution in [3.8, 4) is 0 Å². The highest BCUT2D eigenvalue weighted by molar-refractivity contribution is 7.60. The average Bonchev–Trinajstić information content (AvgIpc) is 2.62. The fourth-order valence-electron chi connectivity index (χ4n) is 3.65. The second-order valence-electron chi connectivity index (χ2n) is 7.26. The zero-order valence-corrected chi connectivity index (χ0v) is 16.9. The van der Waals surface area contributed by atoms with Gasteiger partial charge in [-0.25, -0.2) is 0 Å². The van der Waals surface area contributed by atoms with Gasteiger partial charge in [0.2, 0.25) is 0 Å². The van der Waals surface area contributed by atoms with Gasteiger partial charge in [-0.1, -0.05) is 95.0 Å². The lowest BCUT2D eigenvalue weighted by molar-refractivity contribution is 0.387. The van der Waals surface area contributed by atoms with E-state index >= 15 is 0 Å². The second-order valence-corrected chi connectivity index (χ2v) is 8.83. The summed E-state index contributed by atoms with van der Waals surface area (Å²) in [5.41, 5.74) is 0.830. The molecule has 0 fully saturated rings. The van der Waals surface area contributed by atoms with Crippen LogP contribution in [0.5, 0.6) is 0 Å². The van der Waals surface area contributed by atoms with Crippen LogP contribution in [0.2, 0.25) is 0 Å². The minimum absolute atomic E-state index is 0.201. The summed E-state index contributed by atoms with van der Waals surface area (Å²) in [6, 6.07) is 11.3. The first-order chi connectivity index (χ1) is 12.5. The van der Waals surface area contributed by atoms with Crippen LogP contribution in [0.25, 0.3) is 10.8 Å². The Morgan fingerprint density at radius 1 is 0.769 bits per heavy atom. The molecule has 0 aliphatic carbocycles. The third-order valence-electron chi connectivity index (χ3n) is 5.11. The van der Waals surface area contributed by atoms with Gasteiger partial charge in [0.15, 0.2) is 0 Å². The van der Waals surface area contributed by atoms with Gasteiger partial charge in [-0.05, 0) is 35.2 Å². The molecule has 0 saturated carbocycles. The van der Waals surface area contributed by atoms with E-state index in [1.54, 1.807) is 6.07 Å². The van der Waals surface area contributed by atoms with Crippen molar-refractivity contribution in [1.82, 2.24) is 0 Å². The largest absolute Gasteiger partial charge is 0.356 e. The van der Waals surface area contributed by atoms with Crippen LogP contribution in [-0.4, -0.2) is 9.79 Å². The molecule has 0 aromatic heterocycles. The molecular weight excluding hydrogens is 343 g/mol. The third-order valence-corrected chi connectivity index (χ3v) is 6.16. The van der Waals surface area contributed by atoms with Crippen molar-refractivity contribution in [2.24, 2.45) is 0 Å². The SMILES string of the molecule is CCCCCCCCCCCCc1c(P(=O)(O)O)ccc2ccccc12. The first-order valence-corrected chi connectivity index (χ1v) is 11.7. The zero-order valence-electron chi connectivity index (χ0n) is 16.0. The van der Waals surface area contributed by atoms with Crippen molar-refractivity contribution >= 4 is 23.7 Å². The predicted molar refractivity (Wildman–Crippen MR) is 111 cm³/mol. The summed E-state index contributed by atoms with van der Waals surface area (Å²) >= 11 is 0. The molecule has 26 heavy (non-hydrogen) atoms. The van der Waals surface area contributed by atoms with Crippen LogP contribution >= 0.6 is 7.60 Å². The van der Waals surface area contributed by atoms with Crippen LogP contribution in [-0.2, 0) is 11.0 Å². The lowest BCUT2D eigenvalue weighted by Crippen LogP contribution is -2.11. The smallest absolute Gasteiger partial charge is 0.321 e. The van der Waals surface area contributed by atoms with Gasteiger partial charge in [-0.2, -0.15) is 0 Å². The van der Waals surface area contributed by atoms with E-state index in [0.29, 0.717) is 0 Å². The van der Waals surface area contributed by atoms with Gasteiger partial charge in [0.1, 0.15) is 0 Å². The van der Waals surface area contributed by atoms with Gasteiger partial charge in [-0.15, -0.1) is 0 Å². The number of hydrogen-bond donors (Lipinski definition) is 2. The van der Waals surface area contributed by atoms with Gasteiger partial charge in [0.05, 0.1) is 5.30 Å². The Bertz CT molecular complexity index is 720. The lowest BCUT2D eigenvalue weighted by atomic mass is 9.99. The molecule has 2 rings (SSSR count). The van der Waals surface area contributed by atoms with Gasteiger partial charge in [0.25, 0.3) is 0 Å². The Morgan fingerprint density at radius 2 is 1.35 bits per heavy atom. The highest BCUT2D eigenvalue weighted by Crippen LogP contribution is 2.37. The maximum atomic E-state index is 11.9. The molecule has 0 aliphatic heterocycles. The Labute approximate surface area is 158 Å². The Morgan fingerprint density at radius 3 is 1.96 bits per heavy atom. The monoisotopic (exact) mass is 376 g/mol. The van der Waals surface area contributed by atoms with E-state index in [2.05, 4.69) is 6.92 Å². The van der Waals surface area contributed by atoms with Crippen LogP contribution < -0.4 is 5.30 Å². The predicted octanol–water partition coefficient (Wildman–Crippen LogP) is 6.11. The normalized spacial score (nSPS) is 12.0. The van der Waals surface area contributed by atoms with Gasteiger partial charge in [0, 0.05) is 0 Å². The van der Waals surface area contributed by atoms with Crippen LogP contribution in [0.15, 0.2) is 36.4 Å². The van der Waals surface area contributed by atoms with E-state index in [0.717, 1.165) is 35.6 Å². The fraction of sp³-hybridized carbons (Fsp3) is 0.545. The first-order valence-electron chi connectivity index (χ1n) is 10.1. The molecule has 2 aromatic carbocycles. The number of hydrogen-bond acceptors (Lipinski definition) is 1. The first kappa shape index (κ1) is 21.2. The number of unbranched alkanes of at least 4 members (excludes halogenated alkanes) is 9.